The Labute approximate surface area is 108 Å². The van der Waals surface area contributed by atoms with Crippen LogP contribution >= 0.6 is 23.4 Å². The van der Waals surface area contributed by atoms with Crippen molar-refractivity contribution in [3.05, 3.63) is 28.7 Å². The Morgan fingerprint density at radius 1 is 1.12 bits per heavy atom. The molecular weight excluding hydrogens is 258 g/mol. The van der Waals surface area contributed by atoms with Crippen LogP contribution in [0.15, 0.2) is 22.3 Å². The lowest BCUT2D eigenvalue weighted by molar-refractivity contribution is 0.911. The first-order valence-electron chi connectivity index (χ1n) is 4.83. The quantitative estimate of drug-likeness (QED) is 0.899. The Kier molecular flexibility index (Phi) is 3.44. The molecule has 0 aliphatic heterocycles. The monoisotopic (exact) mass is 267 g/mol. The fourth-order valence-corrected chi connectivity index (χ4v) is 2.45. The van der Waals surface area contributed by atoms with E-state index in [0.29, 0.717) is 5.16 Å². The van der Waals surface area contributed by atoms with E-state index < -0.39 is 0 Å². The number of nitrogen functional groups attached to an aromatic ring is 1. The minimum Gasteiger partial charge on any atom is -0.368 e. The zero-order chi connectivity index (χ0) is 12.4. The zero-order valence-electron chi connectivity index (χ0n) is 9.31. The second kappa shape index (κ2) is 4.85. The zero-order valence-corrected chi connectivity index (χ0v) is 10.9. The molecular formula is C10H10ClN5S. The summed E-state index contributed by atoms with van der Waals surface area (Å²) in [6.45, 7) is 3.94. The average molecular weight is 268 g/mol. The highest BCUT2D eigenvalue weighted by atomic mass is 35.5. The highest BCUT2D eigenvalue weighted by Gasteiger charge is 2.06. The van der Waals surface area contributed by atoms with Gasteiger partial charge < -0.3 is 5.73 Å². The number of nitrogens with zero attached hydrogens (tertiary/aromatic N) is 4. The number of anilines is 1. The van der Waals surface area contributed by atoms with Crippen LogP contribution in [0.1, 0.15) is 11.3 Å². The van der Waals surface area contributed by atoms with E-state index in [1.807, 2.05) is 26.0 Å². The molecule has 0 amide bonds. The van der Waals surface area contributed by atoms with Crippen LogP contribution in [0.3, 0.4) is 0 Å². The van der Waals surface area contributed by atoms with Crippen molar-refractivity contribution in [3.63, 3.8) is 0 Å². The van der Waals surface area contributed by atoms with Crippen LogP contribution in [0.2, 0.25) is 5.28 Å². The van der Waals surface area contributed by atoms with E-state index in [-0.39, 0.29) is 11.2 Å². The molecule has 0 radical (unpaired) electrons. The Hall–Kier alpha value is -1.40. The molecule has 0 aromatic carbocycles. The average Bonchev–Trinajstić information content (AvgIpc) is 2.13. The Bertz CT molecular complexity index is 470. The highest BCUT2D eigenvalue weighted by Crippen LogP contribution is 2.24. The minimum atomic E-state index is 0.0874. The summed E-state index contributed by atoms with van der Waals surface area (Å²) in [5.74, 6) is 0.108. The fourth-order valence-electron chi connectivity index (χ4n) is 1.34. The van der Waals surface area contributed by atoms with Crippen LogP contribution in [0.4, 0.5) is 5.95 Å². The molecule has 2 aromatic heterocycles. The molecule has 2 aromatic rings. The molecule has 2 N–H and O–H groups in total. The van der Waals surface area contributed by atoms with Crippen molar-refractivity contribution in [2.45, 2.75) is 24.0 Å². The van der Waals surface area contributed by atoms with Gasteiger partial charge in [-0.1, -0.05) is 0 Å². The van der Waals surface area contributed by atoms with Crippen molar-refractivity contribution in [1.29, 1.82) is 0 Å². The summed E-state index contributed by atoms with van der Waals surface area (Å²) < 4.78 is 0. The lowest BCUT2D eigenvalue weighted by Crippen LogP contribution is -1.99. The van der Waals surface area contributed by atoms with Gasteiger partial charge in [0.15, 0.2) is 5.16 Å². The van der Waals surface area contributed by atoms with Gasteiger partial charge in [-0.15, -0.1) is 0 Å². The van der Waals surface area contributed by atoms with Gasteiger partial charge in [0.1, 0.15) is 5.03 Å². The van der Waals surface area contributed by atoms with Crippen LogP contribution < -0.4 is 5.73 Å². The highest BCUT2D eigenvalue weighted by molar-refractivity contribution is 7.99. The summed E-state index contributed by atoms with van der Waals surface area (Å²) in [6.07, 6.45) is 0. The predicted molar refractivity (Wildman–Crippen MR) is 67.1 cm³/mol. The van der Waals surface area contributed by atoms with Crippen LogP contribution in [0.25, 0.3) is 0 Å². The topological polar surface area (TPSA) is 77.6 Å². The first kappa shape index (κ1) is 12.1. The second-order valence-electron chi connectivity index (χ2n) is 3.47. The summed E-state index contributed by atoms with van der Waals surface area (Å²) in [7, 11) is 0. The molecule has 0 bridgehead atoms. The van der Waals surface area contributed by atoms with Gasteiger partial charge in [-0.2, -0.15) is 15.0 Å². The SMILES string of the molecule is Cc1cc(C)nc(Sc2nc(N)nc(Cl)n2)c1. The third-order valence-electron chi connectivity index (χ3n) is 1.88. The summed E-state index contributed by atoms with van der Waals surface area (Å²) in [5, 5.41) is 1.34. The third kappa shape index (κ3) is 3.28. The van der Waals surface area contributed by atoms with Crippen molar-refractivity contribution in [2.75, 3.05) is 5.73 Å². The van der Waals surface area contributed by atoms with Crippen LogP contribution in [0, 0.1) is 13.8 Å². The number of aryl methyl sites for hydroxylation is 2. The molecule has 0 atom stereocenters. The first-order chi connectivity index (χ1) is 8.02. The van der Waals surface area contributed by atoms with Gasteiger partial charge >= 0.3 is 0 Å². The number of rotatable bonds is 2. The third-order valence-corrected chi connectivity index (χ3v) is 2.83. The predicted octanol–water partition coefficient (Wildman–Crippen LogP) is 2.27. The second-order valence-corrected chi connectivity index (χ2v) is 4.80. The molecule has 2 rings (SSSR count). The summed E-state index contributed by atoms with van der Waals surface area (Å²) in [4.78, 5) is 16.0. The van der Waals surface area contributed by atoms with Crippen molar-refractivity contribution in [2.24, 2.45) is 0 Å². The van der Waals surface area contributed by atoms with E-state index in [1.165, 1.54) is 11.8 Å². The van der Waals surface area contributed by atoms with Crippen LogP contribution in [0.5, 0.6) is 0 Å². The van der Waals surface area contributed by atoms with E-state index in [1.54, 1.807) is 0 Å². The van der Waals surface area contributed by atoms with Crippen LogP contribution in [-0.4, -0.2) is 19.9 Å². The number of nitrogens with two attached hydrogens (primary N) is 1. The van der Waals surface area contributed by atoms with E-state index in [4.69, 9.17) is 17.3 Å². The molecule has 2 heterocycles. The molecule has 7 heteroatoms. The van der Waals surface area contributed by atoms with Gasteiger partial charge in [-0.05, 0) is 54.9 Å². The summed E-state index contributed by atoms with van der Waals surface area (Å²) >= 11 is 7.01. The maximum absolute atomic E-state index is 5.70. The van der Waals surface area contributed by atoms with Crippen molar-refractivity contribution < 1.29 is 0 Å². The Balaban J connectivity index is 2.31. The maximum Gasteiger partial charge on any atom is 0.228 e. The molecule has 0 unspecified atom stereocenters. The molecule has 0 spiro atoms. The standard InChI is InChI=1S/C10H10ClN5S/c1-5-3-6(2)13-7(4-5)17-10-15-8(11)14-9(12)16-10/h3-4H,1-2H3,(H2,12,14,15,16). The van der Waals surface area contributed by atoms with Crippen molar-refractivity contribution in [1.82, 2.24) is 19.9 Å². The first-order valence-corrected chi connectivity index (χ1v) is 6.02. The van der Waals surface area contributed by atoms with Gasteiger partial charge in [0.25, 0.3) is 0 Å². The number of halogens is 1. The van der Waals surface area contributed by atoms with E-state index in [9.17, 15) is 0 Å². The van der Waals surface area contributed by atoms with E-state index in [2.05, 4.69) is 19.9 Å². The molecule has 0 saturated heterocycles. The summed E-state index contributed by atoms with van der Waals surface area (Å²) in [5.41, 5.74) is 7.57. The minimum absolute atomic E-state index is 0.0874. The molecule has 0 saturated carbocycles. The maximum atomic E-state index is 5.70. The van der Waals surface area contributed by atoms with Crippen molar-refractivity contribution >= 4 is 29.3 Å². The van der Waals surface area contributed by atoms with Gasteiger partial charge in [-0.3, -0.25) is 0 Å². The summed E-state index contributed by atoms with van der Waals surface area (Å²) in [6, 6.07) is 3.95. The van der Waals surface area contributed by atoms with Gasteiger partial charge in [-0.25, -0.2) is 4.98 Å². The smallest absolute Gasteiger partial charge is 0.228 e. The number of pyridine rings is 1. The molecule has 17 heavy (non-hydrogen) atoms. The van der Waals surface area contributed by atoms with Gasteiger partial charge in [0, 0.05) is 5.69 Å². The number of aromatic nitrogens is 4. The van der Waals surface area contributed by atoms with E-state index >= 15 is 0 Å². The lowest BCUT2D eigenvalue weighted by atomic mass is 10.3. The lowest BCUT2D eigenvalue weighted by Gasteiger charge is -2.03. The van der Waals surface area contributed by atoms with Crippen LogP contribution in [-0.2, 0) is 0 Å². The normalized spacial score (nSPS) is 10.5. The molecule has 0 fully saturated rings. The Morgan fingerprint density at radius 3 is 2.53 bits per heavy atom. The molecule has 88 valence electrons. The molecule has 5 nitrogen and oxygen atoms in total. The van der Waals surface area contributed by atoms with Gasteiger partial charge in [0.05, 0.1) is 0 Å². The number of hydrogen-bond donors (Lipinski definition) is 1. The van der Waals surface area contributed by atoms with E-state index in [0.717, 1.165) is 16.3 Å². The Morgan fingerprint density at radius 2 is 1.88 bits per heavy atom. The van der Waals surface area contributed by atoms with Gasteiger partial charge in [0.2, 0.25) is 11.2 Å². The number of hydrogen-bond acceptors (Lipinski definition) is 6. The largest absolute Gasteiger partial charge is 0.368 e. The van der Waals surface area contributed by atoms with Crippen molar-refractivity contribution in [3.8, 4) is 0 Å². The molecule has 0 aliphatic rings. The fraction of sp³-hybridized carbons (Fsp3) is 0.200. The molecule has 0 aliphatic carbocycles.